The molecule has 0 bridgehead atoms. The van der Waals surface area contributed by atoms with Gasteiger partial charge < -0.3 is 16.0 Å². The Morgan fingerprint density at radius 1 is 0.964 bits per heavy atom. The van der Waals surface area contributed by atoms with Gasteiger partial charge in [0.2, 0.25) is 5.91 Å². The highest BCUT2D eigenvalue weighted by Crippen LogP contribution is 2.34. The quantitative estimate of drug-likeness (QED) is 0.616. The Labute approximate surface area is 164 Å². The molecule has 1 aliphatic carbocycles. The van der Waals surface area contributed by atoms with E-state index < -0.39 is 0 Å². The Hall–Kier alpha value is -3.34. The van der Waals surface area contributed by atoms with E-state index in [-0.39, 0.29) is 18.4 Å². The van der Waals surface area contributed by atoms with Crippen LogP contribution in [0.3, 0.4) is 0 Å². The molecule has 3 N–H and O–H groups in total. The molecule has 1 aliphatic rings. The third kappa shape index (κ3) is 3.56. The molecule has 0 unspecified atom stereocenters. The lowest BCUT2D eigenvalue weighted by Crippen LogP contribution is -2.24. The van der Waals surface area contributed by atoms with E-state index in [4.69, 9.17) is 0 Å². The van der Waals surface area contributed by atoms with Gasteiger partial charge in [-0.15, -0.1) is 0 Å². The second-order valence-electron chi connectivity index (χ2n) is 6.95. The van der Waals surface area contributed by atoms with Crippen molar-refractivity contribution in [3.05, 3.63) is 71.3 Å². The summed E-state index contributed by atoms with van der Waals surface area (Å²) in [7, 11) is 0. The summed E-state index contributed by atoms with van der Waals surface area (Å²) in [6.07, 6.45) is 2.16. The van der Waals surface area contributed by atoms with Crippen molar-refractivity contribution in [2.45, 2.75) is 19.8 Å². The summed E-state index contributed by atoms with van der Waals surface area (Å²) < 4.78 is 0. The van der Waals surface area contributed by atoms with Crippen molar-refractivity contribution >= 4 is 34.0 Å². The Morgan fingerprint density at radius 2 is 1.75 bits per heavy atom. The molecule has 0 aromatic heterocycles. The highest BCUT2D eigenvalue weighted by Gasteiger charge is 2.16. The third-order valence-corrected chi connectivity index (χ3v) is 5.06. The number of hydrogen-bond donors (Lipinski definition) is 3. The van der Waals surface area contributed by atoms with Gasteiger partial charge in [0.25, 0.3) is 5.91 Å². The summed E-state index contributed by atoms with van der Waals surface area (Å²) in [6.45, 7) is 2.59. The molecule has 28 heavy (non-hydrogen) atoms. The van der Waals surface area contributed by atoms with E-state index in [1.165, 1.54) is 21.9 Å². The summed E-state index contributed by atoms with van der Waals surface area (Å²) in [4.78, 5) is 24.3. The molecule has 0 fully saturated rings. The number of nitrogens with one attached hydrogen (secondary N) is 3. The predicted octanol–water partition coefficient (Wildman–Crippen LogP) is 3.74. The number of hydrogen-bond acceptors (Lipinski definition) is 3. The van der Waals surface area contributed by atoms with Gasteiger partial charge in [0, 0.05) is 28.9 Å². The van der Waals surface area contributed by atoms with Gasteiger partial charge in [0.15, 0.2) is 0 Å². The van der Waals surface area contributed by atoms with Crippen molar-refractivity contribution < 1.29 is 9.59 Å². The van der Waals surface area contributed by atoms with E-state index in [1.54, 1.807) is 24.3 Å². The first-order chi connectivity index (χ1) is 13.7. The number of anilines is 2. The van der Waals surface area contributed by atoms with E-state index in [2.05, 4.69) is 46.3 Å². The smallest absolute Gasteiger partial charge is 0.251 e. The maximum absolute atomic E-state index is 12.4. The van der Waals surface area contributed by atoms with Gasteiger partial charge in [-0.2, -0.15) is 0 Å². The van der Waals surface area contributed by atoms with Crippen LogP contribution in [-0.2, 0) is 17.6 Å². The zero-order valence-corrected chi connectivity index (χ0v) is 15.8. The van der Waals surface area contributed by atoms with Gasteiger partial charge in [-0.05, 0) is 60.5 Å². The Morgan fingerprint density at radius 3 is 2.57 bits per heavy atom. The number of carbonyl (C=O) groups excluding carboxylic acids is 2. The van der Waals surface area contributed by atoms with E-state index in [9.17, 15) is 9.59 Å². The van der Waals surface area contributed by atoms with Crippen molar-refractivity contribution in [1.82, 2.24) is 5.32 Å². The summed E-state index contributed by atoms with van der Waals surface area (Å²) in [5.74, 6) is -0.305. The monoisotopic (exact) mass is 373 g/mol. The summed E-state index contributed by atoms with van der Waals surface area (Å²) >= 11 is 0. The molecule has 3 aromatic rings. The number of rotatable bonds is 6. The molecule has 5 nitrogen and oxygen atoms in total. The van der Waals surface area contributed by atoms with Crippen LogP contribution >= 0.6 is 0 Å². The molecule has 0 aliphatic heterocycles. The Bertz CT molecular complexity index is 1050. The minimum Gasteiger partial charge on any atom is -0.376 e. The first-order valence-electron chi connectivity index (χ1n) is 9.61. The number of amides is 2. The molecule has 3 aromatic carbocycles. The standard InChI is InChI=1S/C23H23N3O2/c1-2-24-23(28)17-6-3-7-18(13-17)26-21(27)14-25-20-12-11-16-10-9-15-5-4-8-19(20)22(15)16/h3-8,11-13,25H,2,9-10,14H2,1H3,(H,24,28)(H,26,27). The lowest BCUT2D eigenvalue weighted by Gasteiger charge is -2.12. The molecular formula is C23H23N3O2. The Kier molecular flexibility index (Phi) is 4.98. The first-order valence-corrected chi connectivity index (χ1v) is 9.61. The number of carbonyl (C=O) groups is 2. The third-order valence-electron chi connectivity index (χ3n) is 5.06. The second-order valence-corrected chi connectivity index (χ2v) is 6.95. The van der Waals surface area contributed by atoms with E-state index in [0.29, 0.717) is 17.8 Å². The average Bonchev–Trinajstić information content (AvgIpc) is 3.13. The largest absolute Gasteiger partial charge is 0.376 e. The van der Waals surface area contributed by atoms with Gasteiger partial charge in [-0.1, -0.05) is 30.3 Å². The topological polar surface area (TPSA) is 70.2 Å². The molecule has 2 amide bonds. The average molecular weight is 373 g/mol. The highest BCUT2D eigenvalue weighted by atomic mass is 16.2. The minimum absolute atomic E-state index is 0.149. The lowest BCUT2D eigenvalue weighted by molar-refractivity contribution is -0.114. The number of benzene rings is 3. The number of aryl methyl sites for hydroxylation is 2. The fourth-order valence-corrected chi connectivity index (χ4v) is 3.78. The van der Waals surface area contributed by atoms with Gasteiger partial charge in [0.05, 0.1) is 6.54 Å². The lowest BCUT2D eigenvalue weighted by atomic mass is 10.0. The fraction of sp³-hybridized carbons (Fsp3) is 0.217. The van der Waals surface area contributed by atoms with Gasteiger partial charge in [0.1, 0.15) is 0 Å². The van der Waals surface area contributed by atoms with E-state index >= 15 is 0 Å². The molecule has 0 atom stereocenters. The summed E-state index contributed by atoms with van der Waals surface area (Å²) in [5.41, 5.74) is 4.86. The van der Waals surface area contributed by atoms with Gasteiger partial charge >= 0.3 is 0 Å². The Balaban J connectivity index is 1.44. The first kappa shape index (κ1) is 18.0. The van der Waals surface area contributed by atoms with Crippen LogP contribution in [0.15, 0.2) is 54.6 Å². The highest BCUT2D eigenvalue weighted by molar-refractivity contribution is 6.02. The zero-order valence-electron chi connectivity index (χ0n) is 15.8. The maximum atomic E-state index is 12.4. The van der Waals surface area contributed by atoms with Crippen LogP contribution in [0.1, 0.15) is 28.4 Å². The van der Waals surface area contributed by atoms with Crippen LogP contribution in [0.5, 0.6) is 0 Å². The molecule has 5 heteroatoms. The molecule has 0 radical (unpaired) electrons. The summed E-state index contributed by atoms with van der Waals surface area (Å²) in [6, 6.07) is 17.5. The molecule has 0 spiro atoms. The maximum Gasteiger partial charge on any atom is 0.251 e. The predicted molar refractivity (Wildman–Crippen MR) is 113 cm³/mol. The molecule has 142 valence electrons. The molecule has 0 heterocycles. The van der Waals surface area contributed by atoms with Crippen LogP contribution in [0.2, 0.25) is 0 Å². The van der Waals surface area contributed by atoms with Crippen LogP contribution in [-0.4, -0.2) is 24.9 Å². The van der Waals surface area contributed by atoms with Crippen molar-refractivity contribution in [2.75, 3.05) is 23.7 Å². The van der Waals surface area contributed by atoms with Crippen molar-refractivity contribution in [2.24, 2.45) is 0 Å². The van der Waals surface area contributed by atoms with Crippen molar-refractivity contribution in [3.8, 4) is 0 Å². The van der Waals surface area contributed by atoms with Crippen molar-refractivity contribution in [1.29, 1.82) is 0 Å². The minimum atomic E-state index is -0.156. The van der Waals surface area contributed by atoms with Crippen molar-refractivity contribution in [3.63, 3.8) is 0 Å². The van der Waals surface area contributed by atoms with Crippen LogP contribution in [0, 0.1) is 0 Å². The summed E-state index contributed by atoms with van der Waals surface area (Å²) in [5, 5.41) is 11.4. The zero-order chi connectivity index (χ0) is 19.5. The van der Waals surface area contributed by atoms with Gasteiger partial charge in [-0.3, -0.25) is 9.59 Å². The fourth-order valence-electron chi connectivity index (χ4n) is 3.78. The van der Waals surface area contributed by atoms with E-state index in [1.807, 2.05) is 6.92 Å². The van der Waals surface area contributed by atoms with Crippen LogP contribution in [0.25, 0.3) is 10.8 Å². The molecule has 0 saturated carbocycles. The second kappa shape index (κ2) is 7.72. The normalized spacial score (nSPS) is 12.0. The molecular weight excluding hydrogens is 350 g/mol. The molecule has 0 saturated heterocycles. The SMILES string of the molecule is CCNC(=O)c1cccc(NC(=O)CNc2ccc3c4c(cccc24)CC3)c1. The van der Waals surface area contributed by atoms with E-state index in [0.717, 1.165) is 18.5 Å². The molecule has 4 rings (SSSR count). The van der Waals surface area contributed by atoms with Crippen LogP contribution < -0.4 is 16.0 Å². The van der Waals surface area contributed by atoms with Gasteiger partial charge in [-0.25, -0.2) is 0 Å². The van der Waals surface area contributed by atoms with Crippen LogP contribution in [0.4, 0.5) is 11.4 Å².